The fourth-order valence-corrected chi connectivity index (χ4v) is 3.73. The minimum atomic E-state index is -1.24. The van der Waals surface area contributed by atoms with Crippen molar-refractivity contribution in [2.24, 2.45) is 0 Å². The van der Waals surface area contributed by atoms with Crippen LogP contribution in [0, 0.1) is 5.82 Å². The smallest absolute Gasteiger partial charge is 0.192 e. The molecule has 0 aromatic heterocycles. The highest BCUT2D eigenvalue weighted by molar-refractivity contribution is 6.13. The zero-order valence-corrected chi connectivity index (χ0v) is 14.5. The Morgan fingerprint density at radius 1 is 1.08 bits per heavy atom. The quantitative estimate of drug-likeness (QED) is 0.816. The Hall–Kier alpha value is -2.30. The summed E-state index contributed by atoms with van der Waals surface area (Å²) in [7, 11) is 0. The van der Waals surface area contributed by atoms with Crippen LogP contribution in [-0.2, 0) is 16.9 Å². The highest BCUT2D eigenvalue weighted by atomic mass is 19.1. The highest BCUT2D eigenvalue weighted by Gasteiger charge is 2.34. The zero-order chi connectivity index (χ0) is 18.1. The molecule has 0 bridgehead atoms. The van der Waals surface area contributed by atoms with Crippen LogP contribution in [0.25, 0.3) is 6.08 Å². The Bertz CT molecular complexity index is 861. The number of halogens is 1. The Balaban J connectivity index is 1.62. The monoisotopic (exact) mass is 352 g/mol. The maximum absolute atomic E-state index is 13.0. The molecule has 3 nitrogen and oxygen atoms in total. The van der Waals surface area contributed by atoms with Crippen molar-refractivity contribution in [3.63, 3.8) is 0 Å². The molecule has 1 saturated heterocycles. The Labute approximate surface area is 152 Å². The van der Waals surface area contributed by atoms with E-state index in [1.807, 2.05) is 12.1 Å². The fraction of sp³-hybridized carbons (Fsp3) is 0.318. The molecular formula is C22H21FO3. The van der Waals surface area contributed by atoms with Gasteiger partial charge >= 0.3 is 0 Å². The summed E-state index contributed by atoms with van der Waals surface area (Å²) in [6, 6.07) is 11.6. The van der Waals surface area contributed by atoms with E-state index in [1.165, 1.54) is 12.1 Å². The summed E-state index contributed by atoms with van der Waals surface area (Å²) in [4.78, 5) is 12.8. The fourth-order valence-electron chi connectivity index (χ4n) is 3.73. The molecule has 1 atom stereocenters. The zero-order valence-electron chi connectivity index (χ0n) is 14.5. The van der Waals surface area contributed by atoms with Gasteiger partial charge in [-0.1, -0.05) is 24.3 Å². The summed E-state index contributed by atoms with van der Waals surface area (Å²) in [5, 5.41) is 10.7. The predicted molar refractivity (Wildman–Crippen MR) is 97.2 cm³/mol. The van der Waals surface area contributed by atoms with Gasteiger partial charge in [0.2, 0.25) is 0 Å². The van der Waals surface area contributed by atoms with E-state index in [2.05, 4.69) is 0 Å². The van der Waals surface area contributed by atoms with Crippen molar-refractivity contribution >= 4 is 11.9 Å². The average molecular weight is 352 g/mol. The van der Waals surface area contributed by atoms with Crippen molar-refractivity contribution in [2.75, 3.05) is 6.61 Å². The maximum Gasteiger partial charge on any atom is 0.192 e. The second-order valence-corrected chi connectivity index (χ2v) is 7.01. The number of aryl methyl sites for hydroxylation is 1. The lowest BCUT2D eigenvalue weighted by molar-refractivity contribution is -0.233. The molecule has 26 heavy (non-hydrogen) atoms. The summed E-state index contributed by atoms with van der Waals surface area (Å²) in [5.74, 6) is -1.53. The van der Waals surface area contributed by atoms with E-state index in [9.17, 15) is 14.3 Å². The molecule has 2 aromatic rings. The number of carbonyl (C=O) groups excluding carboxylic acids is 1. The first-order valence-corrected chi connectivity index (χ1v) is 9.06. The molecule has 1 aliphatic heterocycles. The second kappa shape index (κ2) is 6.78. The molecule has 1 fully saturated rings. The molecule has 134 valence electrons. The summed E-state index contributed by atoms with van der Waals surface area (Å²) in [6.45, 7) is 0.553. The van der Waals surface area contributed by atoms with Gasteiger partial charge in [0.05, 0.1) is 6.61 Å². The van der Waals surface area contributed by atoms with E-state index in [-0.39, 0.29) is 11.6 Å². The van der Waals surface area contributed by atoms with Crippen molar-refractivity contribution in [1.29, 1.82) is 0 Å². The summed E-state index contributed by atoms with van der Waals surface area (Å²) >= 11 is 0. The Morgan fingerprint density at radius 2 is 1.88 bits per heavy atom. The largest absolute Gasteiger partial charge is 0.362 e. The number of aliphatic hydroxyl groups is 1. The van der Waals surface area contributed by atoms with E-state index in [1.54, 1.807) is 24.3 Å². The predicted octanol–water partition coefficient (Wildman–Crippen LogP) is 4.38. The first kappa shape index (κ1) is 17.1. The third-order valence-corrected chi connectivity index (χ3v) is 5.22. The molecule has 0 amide bonds. The molecule has 2 aromatic carbocycles. The first-order chi connectivity index (χ1) is 12.5. The number of fused-ring (bicyclic) bond motifs is 1. The molecule has 4 heteroatoms. The van der Waals surface area contributed by atoms with E-state index in [0.717, 1.165) is 41.5 Å². The number of allylic oxidation sites excluding steroid dienone is 1. The van der Waals surface area contributed by atoms with Gasteiger partial charge in [-0.3, -0.25) is 4.79 Å². The van der Waals surface area contributed by atoms with Gasteiger partial charge in [0.1, 0.15) is 5.82 Å². The van der Waals surface area contributed by atoms with Crippen molar-refractivity contribution < 1.29 is 19.0 Å². The normalized spacial score (nSPS) is 24.5. The SMILES string of the molecule is O=C1C(=Cc2ccc(F)cc2)CCc2cc(C3(O)CCCCO3)ccc21. The summed E-state index contributed by atoms with van der Waals surface area (Å²) < 4.78 is 18.7. The van der Waals surface area contributed by atoms with Gasteiger partial charge in [0, 0.05) is 23.1 Å². The van der Waals surface area contributed by atoms with Crippen molar-refractivity contribution in [3.8, 4) is 0 Å². The van der Waals surface area contributed by atoms with Gasteiger partial charge in [-0.05, 0) is 61.1 Å². The van der Waals surface area contributed by atoms with Gasteiger partial charge in [-0.2, -0.15) is 0 Å². The number of rotatable bonds is 2. The van der Waals surface area contributed by atoms with E-state index in [4.69, 9.17) is 4.74 Å². The molecule has 1 heterocycles. The molecule has 1 unspecified atom stereocenters. The lowest BCUT2D eigenvalue weighted by Crippen LogP contribution is -2.33. The van der Waals surface area contributed by atoms with E-state index in [0.29, 0.717) is 25.0 Å². The molecule has 2 aliphatic rings. The first-order valence-electron chi connectivity index (χ1n) is 9.06. The summed E-state index contributed by atoms with van der Waals surface area (Å²) in [6.07, 6.45) is 5.66. The van der Waals surface area contributed by atoms with Crippen LogP contribution in [0.2, 0.25) is 0 Å². The molecule has 4 rings (SSSR count). The van der Waals surface area contributed by atoms with Gasteiger partial charge in [-0.25, -0.2) is 4.39 Å². The van der Waals surface area contributed by atoms with Crippen LogP contribution >= 0.6 is 0 Å². The van der Waals surface area contributed by atoms with Gasteiger partial charge < -0.3 is 9.84 Å². The summed E-state index contributed by atoms with van der Waals surface area (Å²) in [5.41, 5.74) is 3.90. The number of Topliss-reactive ketones (excluding diaryl/α,β-unsaturated/α-hetero) is 1. The second-order valence-electron chi connectivity index (χ2n) is 7.01. The molecule has 0 radical (unpaired) electrons. The number of hydrogen-bond acceptors (Lipinski definition) is 3. The van der Waals surface area contributed by atoms with E-state index >= 15 is 0 Å². The van der Waals surface area contributed by atoms with Crippen LogP contribution < -0.4 is 0 Å². The highest BCUT2D eigenvalue weighted by Crippen LogP contribution is 2.35. The lowest BCUT2D eigenvalue weighted by Gasteiger charge is -2.33. The van der Waals surface area contributed by atoms with Gasteiger partial charge in [0.15, 0.2) is 11.6 Å². The van der Waals surface area contributed by atoms with Gasteiger partial charge in [-0.15, -0.1) is 0 Å². The third-order valence-electron chi connectivity index (χ3n) is 5.22. The Kier molecular flexibility index (Phi) is 4.47. The van der Waals surface area contributed by atoms with Gasteiger partial charge in [0.25, 0.3) is 0 Å². The molecule has 1 aliphatic carbocycles. The number of ether oxygens (including phenoxy) is 1. The number of hydrogen-bond donors (Lipinski definition) is 1. The molecular weight excluding hydrogens is 331 g/mol. The lowest BCUT2D eigenvalue weighted by atomic mass is 9.83. The van der Waals surface area contributed by atoms with Crippen LogP contribution in [0.15, 0.2) is 48.0 Å². The van der Waals surface area contributed by atoms with Crippen molar-refractivity contribution in [3.05, 3.63) is 76.1 Å². The maximum atomic E-state index is 13.0. The average Bonchev–Trinajstić information content (AvgIpc) is 2.66. The topological polar surface area (TPSA) is 46.5 Å². The minimum absolute atomic E-state index is 0.00122. The Morgan fingerprint density at radius 3 is 2.62 bits per heavy atom. The minimum Gasteiger partial charge on any atom is -0.362 e. The van der Waals surface area contributed by atoms with Crippen LogP contribution in [-0.4, -0.2) is 17.5 Å². The van der Waals surface area contributed by atoms with Crippen LogP contribution in [0.1, 0.15) is 52.7 Å². The molecule has 0 spiro atoms. The van der Waals surface area contributed by atoms with Crippen LogP contribution in [0.5, 0.6) is 0 Å². The number of ketones is 1. The van der Waals surface area contributed by atoms with Crippen LogP contribution in [0.4, 0.5) is 4.39 Å². The standard InChI is InChI=1S/C22H21FO3/c23-19-8-3-15(4-9-19)13-17-6-5-16-14-18(7-10-20(16)21(17)24)22(25)11-1-2-12-26-22/h3-4,7-10,13-14,25H,1-2,5-6,11-12H2. The number of carbonyl (C=O) groups is 1. The van der Waals surface area contributed by atoms with E-state index < -0.39 is 5.79 Å². The molecule has 1 N–H and O–H groups in total. The van der Waals surface area contributed by atoms with Crippen molar-refractivity contribution in [1.82, 2.24) is 0 Å². The van der Waals surface area contributed by atoms with Crippen molar-refractivity contribution in [2.45, 2.75) is 37.9 Å². The molecule has 0 saturated carbocycles. The number of benzene rings is 2. The third kappa shape index (κ3) is 3.22. The van der Waals surface area contributed by atoms with Crippen LogP contribution in [0.3, 0.4) is 0 Å².